The number of rotatable bonds is 4. The molecular weight excluding hydrogens is 220 g/mol. The summed E-state index contributed by atoms with van der Waals surface area (Å²) in [6.45, 7) is 5.52. The van der Waals surface area contributed by atoms with Crippen molar-refractivity contribution in [1.29, 1.82) is 0 Å². The van der Waals surface area contributed by atoms with Crippen LogP contribution in [-0.4, -0.2) is 38.6 Å². The number of piperidine rings is 1. The van der Waals surface area contributed by atoms with Gasteiger partial charge in [-0.15, -0.1) is 0 Å². The van der Waals surface area contributed by atoms with Gasteiger partial charge in [-0.05, 0) is 39.8 Å². The van der Waals surface area contributed by atoms with Gasteiger partial charge >= 0.3 is 0 Å². The topological polar surface area (TPSA) is 67.4 Å². The standard InChI is InChI=1S/C12H22N2O3/c1-12(2,8-17-3)11(16)14-10(15)9-4-6-13-7-5-9/h9,13H,4-8H2,1-3H3,(H,14,15,16). The minimum Gasteiger partial charge on any atom is -0.384 e. The van der Waals surface area contributed by atoms with E-state index >= 15 is 0 Å². The lowest BCUT2D eigenvalue weighted by atomic mass is 9.92. The van der Waals surface area contributed by atoms with E-state index in [9.17, 15) is 9.59 Å². The van der Waals surface area contributed by atoms with Crippen molar-refractivity contribution >= 4 is 11.8 Å². The molecule has 98 valence electrons. The first kappa shape index (κ1) is 14.1. The average Bonchev–Trinajstić information content (AvgIpc) is 2.30. The van der Waals surface area contributed by atoms with Gasteiger partial charge in [-0.2, -0.15) is 0 Å². The zero-order valence-corrected chi connectivity index (χ0v) is 10.8. The van der Waals surface area contributed by atoms with E-state index in [2.05, 4.69) is 10.6 Å². The molecule has 0 spiro atoms. The highest BCUT2D eigenvalue weighted by Crippen LogP contribution is 2.17. The quantitative estimate of drug-likeness (QED) is 0.744. The Morgan fingerprint density at radius 3 is 2.47 bits per heavy atom. The molecule has 0 aromatic rings. The van der Waals surface area contributed by atoms with Gasteiger partial charge in [0.1, 0.15) is 0 Å². The highest BCUT2D eigenvalue weighted by molar-refractivity contribution is 5.98. The number of amides is 2. The zero-order valence-electron chi connectivity index (χ0n) is 10.8. The van der Waals surface area contributed by atoms with Gasteiger partial charge in [0.25, 0.3) is 0 Å². The zero-order chi connectivity index (χ0) is 12.9. The summed E-state index contributed by atoms with van der Waals surface area (Å²) in [5.41, 5.74) is -0.669. The summed E-state index contributed by atoms with van der Waals surface area (Å²) in [4.78, 5) is 23.7. The van der Waals surface area contributed by atoms with Crippen LogP contribution in [0.25, 0.3) is 0 Å². The molecule has 5 heteroatoms. The molecule has 0 unspecified atom stereocenters. The third-order valence-electron chi connectivity index (χ3n) is 3.07. The van der Waals surface area contributed by atoms with Crippen LogP contribution in [0.15, 0.2) is 0 Å². The summed E-state index contributed by atoms with van der Waals surface area (Å²) in [6, 6.07) is 0. The maximum atomic E-state index is 11.9. The van der Waals surface area contributed by atoms with E-state index in [1.165, 1.54) is 0 Å². The molecular formula is C12H22N2O3. The maximum Gasteiger partial charge on any atom is 0.234 e. The molecule has 1 rings (SSSR count). The molecule has 1 saturated heterocycles. The van der Waals surface area contributed by atoms with Gasteiger partial charge in [-0.3, -0.25) is 14.9 Å². The predicted octanol–water partition coefficient (Wildman–Crippen LogP) is 0.301. The van der Waals surface area contributed by atoms with Crippen molar-refractivity contribution in [3.8, 4) is 0 Å². The van der Waals surface area contributed by atoms with E-state index in [-0.39, 0.29) is 17.7 Å². The van der Waals surface area contributed by atoms with Crippen LogP contribution in [0.4, 0.5) is 0 Å². The predicted molar refractivity (Wildman–Crippen MR) is 64.4 cm³/mol. The second-order valence-electron chi connectivity index (χ2n) is 5.16. The molecule has 2 amide bonds. The Hall–Kier alpha value is -0.940. The molecule has 1 aliphatic rings. The van der Waals surface area contributed by atoms with Crippen LogP contribution < -0.4 is 10.6 Å². The monoisotopic (exact) mass is 242 g/mol. The smallest absolute Gasteiger partial charge is 0.234 e. The molecule has 1 aliphatic heterocycles. The molecule has 0 atom stereocenters. The summed E-state index contributed by atoms with van der Waals surface area (Å²) in [6.07, 6.45) is 1.59. The maximum absolute atomic E-state index is 11.9. The highest BCUT2D eigenvalue weighted by atomic mass is 16.5. The summed E-state index contributed by atoms with van der Waals surface area (Å²) in [5.74, 6) is -0.456. The van der Waals surface area contributed by atoms with Crippen LogP contribution in [-0.2, 0) is 14.3 Å². The molecule has 0 saturated carbocycles. The Morgan fingerprint density at radius 1 is 1.35 bits per heavy atom. The molecule has 2 N–H and O–H groups in total. The number of hydrogen-bond acceptors (Lipinski definition) is 4. The third kappa shape index (κ3) is 4.09. The van der Waals surface area contributed by atoms with Crippen LogP contribution in [0.5, 0.6) is 0 Å². The van der Waals surface area contributed by atoms with Crippen molar-refractivity contribution in [1.82, 2.24) is 10.6 Å². The number of hydrogen-bond donors (Lipinski definition) is 2. The molecule has 17 heavy (non-hydrogen) atoms. The van der Waals surface area contributed by atoms with Crippen LogP contribution >= 0.6 is 0 Å². The minimum atomic E-state index is -0.669. The van der Waals surface area contributed by atoms with Crippen molar-refractivity contribution in [2.24, 2.45) is 11.3 Å². The van der Waals surface area contributed by atoms with E-state index < -0.39 is 5.41 Å². The van der Waals surface area contributed by atoms with Gasteiger partial charge in [-0.1, -0.05) is 0 Å². The lowest BCUT2D eigenvalue weighted by molar-refractivity contribution is -0.139. The number of imide groups is 1. The van der Waals surface area contributed by atoms with Crippen molar-refractivity contribution in [2.45, 2.75) is 26.7 Å². The van der Waals surface area contributed by atoms with Crippen molar-refractivity contribution in [2.75, 3.05) is 26.8 Å². The van der Waals surface area contributed by atoms with E-state index in [0.717, 1.165) is 25.9 Å². The van der Waals surface area contributed by atoms with Gasteiger partial charge in [0.15, 0.2) is 0 Å². The molecule has 0 radical (unpaired) electrons. The second kappa shape index (κ2) is 6.12. The first-order chi connectivity index (χ1) is 7.97. The lowest BCUT2D eigenvalue weighted by Crippen LogP contribution is -2.46. The third-order valence-corrected chi connectivity index (χ3v) is 3.07. The minimum absolute atomic E-state index is 0.0430. The molecule has 0 bridgehead atoms. The fourth-order valence-corrected chi connectivity index (χ4v) is 1.89. The number of ether oxygens (including phenoxy) is 1. The lowest BCUT2D eigenvalue weighted by Gasteiger charge is -2.25. The van der Waals surface area contributed by atoms with Crippen LogP contribution in [0, 0.1) is 11.3 Å². The Labute approximate surface area is 102 Å². The van der Waals surface area contributed by atoms with Crippen LogP contribution in [0.2, 0.25) is 0 Å². The summed E-state index contributed by atoms with van der Waals surface area (Å²) < 4.78 is 4.97. The Kier molecular flexibility index (Phi) is 5.08. The number of nitrogens with one attached hydrogen (secondary N) is 2. The SMILES string of the molecule is COCC(C)(C)C(=O)NC(=O)C1CCNCC1. The molecule has 5 nitrogen and oxygen atoms in total. The second-order valence-corrected chi connectivity index (χ2v) is 5.16. The van der Waals surface area contributed by atoms with Crippen molar-refractivity contribution in [3.05, 3.63) is 0 Å². The summed E-state index contributed by atoms with van der Waals surface area (Å²) >= 11 is 0. The Morgan fingerprint density at radius 2 is 1.94 bits per heavy atom. The molecule has 0 aliphatic carbocycles. The highest BCUT2D eigenvalue weighted by Gasteiger charge is 2.31. The average molecular weight is 242 g/mol. The van der Waals surface area contributed by atoms with Crippen LogP contribution in [0.3, 0.4) is 0 Å². The van der Waals surface area contributed by atoms with Gasteiger partial charge < -0.3 is 10.1 Å². The Balaban J connectivity index is 2.47. The molecule has 1 heterocycles. The van der Waals surface area contributed by atoms with E-state index in [1.54, 1.807) is 21.0 Å². The normalized spacial score (nSPS) is 17.8. The van der Waals surface area contributed by atoms with Crippen molar-refractivity contribution < 1.29 is 14.3 Å². The van der Waals surface area contributed by atoms with Crippen molar-refractivity contribution in [3.63, 3.8) is 0 Å². The first-order valence-corrected chi connectivity index (χ1v) is 6.02. The van der Waals surface area contributed by atoms with E-state index in [4.69, 9.17) is 4.74 Å². The van der Waals surface area contributed by atoms with Gasteiger partial charge in [0, 0.05) is 13.0 Å². The number of carbonyl (C=O) groups is 2. The van der Waals surface area contributed by atoms with Gasteiger partial charge in [-0.25, -0.2) is 0 Å². The van der Waals surface area contributed by atoms with E-state index in [0.29, 0.717) is 6.61 Å². The number of carbonyl (C=O) groups excluding carboxylic acids is 2. The summed E-state index contributed by atoms with van der Waals surface area (Å²) in [5, 5.41) is 5.68. The first-order valence-electron chi connectivity index (χ1n) is 6.02. The molecule has 0 aromatic carbocycles. The molecule has 1 fully saturated rings. The van der Waals surface area contributed by atoms with Gasteiger partial charge in [0.05, 0.1) is 12.0 Å². The van der Waals surface area contributed by atoms with Gasteiger partial charge in [0.2, 0.25) is 11.8 Å². The fraction of sp³-hybridized carbons (Fsp3) is 0.833. The molecule has 0 aromatic heterocycles. The number of methoxy groups -OCH3 is 1. The largest absolute Gasteiger partial charge is 0.384 e. The summed E-state index contributed by atoms with van der Waals surface area (Å²) in [7, 11) is 1.55. The fourth-order valence-electron chi connectivity index (χ4n) is 1.89. The Bertz CT molecular complexity index is 283. The van der Waals surface area contributed by atoms with Crippen LogP contribution in [0.1, 0.15) is 26.7 Å². The van der Waals surface area contributed by atoms with E-state index in [1.807, 2.05) is 0 Å².